The number of hydrogen-bond acceptors (Lipinski definition) is 5. The van der Waals surface area contributed by atoms with Gasteiger partial charge in [0, 0.05) is 30.2 Å². The molecule has 0 unspecified atom stereocenters. The maximum Gasteiger partial charge on any atom is 0.416 e. The summed E-state index contributed by atoms with van der Waals surface area (Å²) < 4.78 is 52.7. The van der Waals surface area contributed by atoms with E-state index in [-0.39, 0.29) is 23.1 Å². The van der Waals surface area contributed by atoms with Crippen LogP contribution < -0.4 is 21.7 Å². The largest absolute Gasteiger partial charge is 0.416 e. The predicted molar refractivity (Wildman–Crippen MR) is 111 cm³/mol. The molecule has 0 radical (unpaired) electrons. The number of aromatic nitrogens is 1. The van der Waals surface area contributed by atoms with Crippen molar-refractivity contribution in [3.05, 3.63) is 77.2 Å². The zero-order valence-electron chi connectivity index (χ0n) is 16.5. The standard InChI is InChI=1S/C21H17F4N5O2/c1-27-19(31)12-7-17(18(28-10-12)29-16-4-2-3-15(26)9-16)30-20(32)11-5-13(21(23,24)25)8-14(22)6-11/h2-10H,26H2,1H3,(H,27,31)(H,28,29)(H,30,32). The van der Waals surface area contributed by atoms with Crippen LogP contribution in [0.3, 0.4) is 0 Å². The number of carbonyl (C=O) groups excluding carboxylic acids is 2. The van der Waals surface area contributed by atoms with Gasteiger partial charge in [0.1, 0.15) is 5.82 Å². The molecular weight excluding hydrogens is 430 g/mol. The number of pyridine rings is 1. The fourth-order valence-electron chi connectivity index (χ4n) is 2.76. The molecule has 11 heteroatoms. The zero-order valence-corrected chi connectivity index (χ0v) is 16.5. The van der Waals surface area contributed by atoms with Gasteiger partial charge in [-0.2, -0.15) is 13.2 Å². The summed E-state index contributed by atoms with van der Waals surface area (Å²) in [5, 5.41) is 7.69. The number of nitrogens with zero attached hydrogens (tertiary/aromatic N) is 1. The fourth-order valence-corrected chi connectivity index (χ4v) is 2.76. The lowest BCUT2D eigenvalue weighted by Gasteiger charge is -2.15. The van der Waals surface area contributed by atoms with Crippen LogP contribution >= 0.6 is 0 Å². The second-order valence-electron chi connectivity index (χ2n) is 6.63. The average Bonchev–Trinajstić information content (AvgIpc) is 2.73. The number of nitrogen functional groups attached to an aromatic ring is 1. The Labute approximate surface area is 179 Å². The van der Waals surface area contributed by atoms with Crippen molar-refractivity contribution in [3.63, 3.8) is 0 Å². The molecule has 0 saturated carbocycles. The lowest BCUT2D eigenvalue weighted by molar-refractivity contribution is -0.137. The number of amides is 2. The van der Waals surface area contributed by atoms with E-state index in [0.29, 0.717) is 23.5 Å². The molecule has 166 valence electrons. The highest BCUT2D eigenvalue weighted by atomic mass is 19.4. The van der Waals surface area contributed by atoms with Gasteiger partial charge in [-0.3, -0.25) is 9.59 Å². The molecule has 2 aromatic carbocycles. The minimum absolute atomic E-state index is 0.0173. The molecule has 0 aliphatic rings. The van der Waals surface area contributed by atoms with Gasteiger partial charge in [0.25, 0.3) is 11.8 Å². The summed E-state index contributed by atoms with van der Waals surface area (Å²) in [5.74, 6) is -2.67. The predicted octanol–water partition coefficient (Wildman–Crippen LogP) is 4.18. The Morgan fingerprint density at radius 2 is 1.75 bits per heavy atom. The topological polar surface area (TPSA) is 109 Å². The molecule has 7 nitrogen and oxygen atoms in total. The molecule has 0 saturated heterocycles. The number of hydrogen-bond donors (Lipinski definition) is 4. The molecule has 5 N–H and O–H groups in total. The first kappa shape index (κ1) is 22.5. The van der Waals surface area contributed by atoms with Crippen molar-refractivity contribution in [3.8, 4) is 0 Å². The third-order valence-corrected chi connectivity index (χ3v) is 4.26. The van der Waals surface area contributed by atoms with Gasteiger partial charge in [0.05, 0.1) is 16.8 Å². The van der Waals surface area contributed by atoms with Crippen molar-refractivity contribution < 1.29 is 27.2 Å². The Bertz CT molecular complexity index is 1180. The van der Waals surface area contributed by atoms with E-state index in [1.165, 1.54) is 19.3 Å². The highest BCUT2D eigenvalue weighted by Gasteiger charge is 2.32. The molecule has 0 spiro atoms. The van der Waals surface area contributed by atoms with E-state index in [4.69, 9.17) is 5.73 Å². The molecule has 0 fully saturated rings. The van der Waals surface area contributed by atoms with Crippen molar-refractivity contribution in [2.75, 3.05) is 23.4 Å². The summed E-state index contributed by atoms with van der Waals surface area (Å²) in [6, 6.07) is 9.34. The van der Waals surface area contributed by atoms with Gasteiger partial charge in [-0.25, -0.2) is 9.37 Å². The number of anilines is 4. The SMILES string of the molecule is CNC(=O)c1cnc(Nc2cccc(N)c2)c(NC(=O)c2cc(F)cc(C(F)(F)F)c2)c1. The van der Waals surface area contributed by atoms with Gasteiger partial charge in [-0.05, 0) is 42.5 Å². The van der Waals surface area contributed by atoms with Crippen molar-refractivity contribution in [2.45, 2.75) is 6.18 Å². The van der Waals surface area contributed by atoms with E-state index in [0.717, 1.165) is 0 Å². The fraction of sp³-hybridized carbons (Fsp3) is 0.0952. The second kappa shape index (κ2) is 8.92. The molecule has 0 atom stereocenters. The number of nitrogens with one attached hydrogen (secondary N) is 3. The van der Waals surface area contributed by atoms with Crippen molar-refractivity contribution >= 4 is 34.7 Å². The van der Waals surface area contributed by atoms with E-state index in [1.54, 1.807) is 24.3 Å². The van der Waals surface area contributed by atoms with E-state index in [9.17, 15) is 27.2 Å². The zero-order chi connectivity index (χ0) is 23.5. The summed E-state index contributed by atoms with van der Waals surface area (Å²) >= 11 is 0. The first-order chi connectivity index (χ1) is 15.1. The van der Waals surface area contributed by atoms with Crippen LogP contribution in [0, 0.1) is 5.82 Å². The monoisotopic (exact) mass is 447 g/mol. The Morgan fingerprint density at radius 3 is 2.41 bits per heavy atom. The summed E-state index contributed by atoms with van der Waals surface area (Å²) in [5.41, 5.74) is 4.89. The minimum atomic E-state index is -4.84. The van der Waals surface area contributed by atoms with E-state index in [2.05, 4.69) is 20.9 Å². The third-order valence-electron chi connectivity index (χ3n) is 4.26. The lowest BCUT2D eigenvalue weighted by atomic mass is 10.1. The Balaban J connectivity index is 1.98. The normalized spacial score (nSPS) is 11.0. The smallest absolute Gasteiger partial charge is 0.399 e. The van der Waals surface area contributed by atoms with Crippen LogP contribution in [-0.2, 0) is 6.18 Å². The number of nitrogens with two attached hydrogens (primary N) is 1. The Kier molecular flexibility index (Phi) is 6.28. The lowest BCUT2D eigenvalue weighted by Crippen LogP contribution is -2.20. The summed E-state index contributed by atoms with van der Waals surface area (Å²) in [4.78, 5) is 28.7. The highest BCUT2D eigenvalue weighted by Crippen LogP contribution is 2.31. The Morgan fingerprint density at radius 1 is 1.00 bits per heavy atom. The van der Waals surface area contributed by atoms with Crippen LogP contribution in [0.15, 0.2) is 54.7 Å². The van der Waals surface area contributed by atoms with Crippen LogP contribution in [-0.4, -0.2) is 23.8 Å². The molecule has 0 aliphatic heterocycles. The van der Waals surface area contributed by atoms with Crippen molar-refractivity contribution in [2.24, 2.45) is 0 Å². The molecular formula is C21H17F4N5O2. The van der Waals surface area contributed by atoms with Gasteiger partial charge in [0.2, 0.25) is 0 Å². The van der Waals surface area contributed by atoms with Crippen LogP contribution in [0.5, 0.6) is 0 Å². The first-order valence-electron chi connectivity index (χ1n) is 9.10. The van der Waals surface area contributed by atoms with E-state index in [1.807, 2.05) is 0 Å². The molecule has 0 aliphatic carbocycles. The highest BCUT2D eigenvalue weighted by molar-refractivity contribution is 6.07. The van der Waals surface area contributed by atoms with E-state index >= 15 is 0 Å². The van der Waals surface area contributed by atoms with Gasteiger partial charge in [-0.15, -0.1) is 0 Å². The third kappa shape index (κ3) is 5.31. The van der Waals surface area contributed by atoms with E-state index < -0.39 is 34.9 Å². The molecule has 32 heavy (non-hydrogen) atoms. The maximum absolute atomic E-state index is 13.7. The summed E-state index contributed by atoms with van der Waals surface area (Å²) in [7, 11) is 1.39. The van der Waals surface area contributed by atoms with Gasteiger partial charge in [0.15, 0.2) is 5.82 Å². The van der Waals surface area contributed by atoms with Crippen molar-refractivity contribution in [1.29, 1.82) is 0 Å². The van der Waals surface area contributed by atoms with Crippen LogP contribution in [0.1, 0.15) is 26.3 Å². The number of carbonyl (C=O) groups is 2. The first-order valence-corrected chi connectivity index (χ1v) is 9.10. The van der Waals surface area contributed by atoms with Crippen molar-refractivity contribution in [1.82, 2.24) is 10.3 Å². The quantitative estimate of drug-likeness (QED) is 0.347. The average molecular weight is 447 g/mol. The molecule has 1 aromatic heterocycles. The number of rotatable bonds is 5. The van der Waals surface area contributed by atoms with Crippen LogP contribution in [0.4, 0.5) is 40.4 Å². The number of alkyl halides is 3. The number of benzene rings is 2. The van der Waals surface area contributed by atoms with Crippen LogP contribution in [0.2, 0.25) is 0 Å². The maximum atomic E-state index is 13.7. The summed E-state index contributed by atoms with van der Waals surface area (Å²) in [6.07, 6.45) is -3.59. The molecule has 3 rings (SSSR count). The molecule has 1 heterocycles. The molecule has 3 aromatic rings. The van der Waals surface area contributed by atoms with Gasteiger partial charge < -0.3 is 21.7 Å². The Hall–Kier alpha value is -4.15. The molecule has 2 amide bonds. The molecule has 0 bridgehead atoms. The number of halogens is 4. The van der Waals surface area contributed by atoms with Crippen LogP contribution in [0.25, 0.3) is 0 Å². The second-order valence-corrected chi connectivity index (χ2v) is 6.63. The van der Waals surface area contributed by atoms with Gasteiger partial charge in [-0.1, -0.05) is 6.07 Å². The summed E-state index contributed by atoms with van der Waals surface area (Å²) in [6.45, 7) is 0. The minimum Gasteiger partial charge on any atom is -0.399 e. The van der Waals surface area contributed by atoms with Gasteiger partial charge >= 0.3 is 6.18 Å².